The molecule has 2 aromatic heterocycles. The molecule has 28 heavy (non-hydrogen) atoms. The van der Waals surface area contributed by atoms with Gasteiger partial charge in [-0.2, -0.15) is 0 Å². The Hall–Kier alpha value is -2.35. The molecular formula is C20H16ClN3O2S2. The fourth-order valence-electron chi connectivity index (χ4n) is 2.44. The lowest BCUT2D eigenvalue weighted by atomic mass is 10.2. The van der Waals surface area contributed by atoms with Crippen LogP contribution in [0.5, 0.6) is 5.75 Å². The Morgan fingerprint density at radius 1 is 1.14 bits per heavy atom. The lowest BCUT2D eigenvalue weighted by molar-refractivity contribution is 0.252. The summed E-state index contributed by atoms with van der Waals surface area (Å²) in [5, 5.41) is 12.3. The summed E-state index contributed by atoms with van der Waals surface area (Å²) in [4.78, 5) is 4.66. The minimum atomic E-state index is 0.244. The number of benzene rings is 2. The Labute approximate surface area is 175 Å². The van der Waals surface area contributed by atoms with Crippen molar-refractivity contribution in [1.82, 2.24) is 15.2 Å². The second kappa shape index (κ2) is 8.77. The Bertz CT molecular complexity index is 1060. The zero-order valence-corrected chi connectivity index (χ0v) is 17.4. The van der Waals surface area contributed by atoms with Crippen molar-refractivity contribution in [2.24, 2.45) is 0 Å². The molecule has 0 aliphatic rings. The first-order chi connectivity index (χ1) is 13.7. The third-order valence-electron chi connectivity index (χ3n) is 3.79. The van der Waals surface area contributed by atoms with Gasteiger partial charge in [0.05, 0.1) is 5.69 Å². The maximum absolute atomic E-state index is 5.94. The maximum atomic E-state index is 5.94. The number of aryl methyl sites for hydroxylation is 1. The van der Waals surface area contributed by atoms with Crippen molar-refractivity contribution in [2.75, 3.05) is 0 Å². The first-order valence-electron chi connectivity index (χ1n) is 8.51. The molecule has 0 atom stereocenters. The van der Waals surface area contributed by atoms with E-state index in [4.69, 9.17) is 20.8 Å². The molecule has 8 heteroatoms. The topological polar surface area (TPSA) is 61.0 Å². The minimum Gasteiger partial charge on any atom is -0.484 e. The molecule has 142 valence electrons. The van der Waals surface area contributed by atoms with Gasteiger partial charge in [-0.15, -0.1) is 21.5 Å². The van der Waals surface area contributed by atoms with Crippen molar-refractivity contribution >= 4 is 34.7 Å². The average molecular weight is 430 g/mol. The second-order valence-corrected chi connectivity index (χ2v) is 8.23. The molecular weight excluding hydrogens is 414 g/mol. The number of ether oxygens (including phenoxy) is 1. The molecule has 0 bridgehead atoms. The number of hydrogen-bond donors (Lipinski definition) is 0. The predicted molar refractivity (Wildman–Crippen MR) is 112 cm³/mol. The molecule has 4 rings (SSSR count). The molecule has 4 aromatic rings. The molecule has 0 amide bonds. The number of nitrogens with zero attached hydrogens (tertiary/aromatic N) is 3. The molecule has 0 radical (unpaired) electrons. The highest BCUT2D eigenvalue weighted by atomic mass is 35.5. The van der Waals surface area contributed by atoms with Gasteiger partial charge in [0.15, 0.2) is 6.61 Å². The lowest BCUT2D eigenvalue weighted by Crippen LogP contribution is -1.95. The van der Waals surface area contributed by atoms with Crippen LogP contribution in [0.25, 0.3) is 10.6 Å². The van der Waals surface area contributed by atoms with E-state index in [-0.39, 0.29) is 6.61 Å². The zero-order valence-electron chi connectivity index (χ0n) is 15.0. The van der Waals surface area contributed by atoms with Crippen LogP contribution >= 0.6 is 34.7 Å². The Morgan fingerprint density at radius 2 is 2.00 bits per heavy atom. The number of rotatable bonds is 7. The molecule has 0 saturated carbocycles. The summed E-state index contributed by atoms with van der Waals surface area (Å²) in [6, 6.07) is 15.5. The summed E-state index contributed by atoms with van der Waals surface area (Å²) in [6.45, 7) is 2.26. The summed E-state index contributed by atoms with van der Waals surface area (Å²) >= 11 is 8.99. The molecule has 2 aromatic carbocycles. The van der Waals surface area contributed by atoms with Gasteiger partial charge in [0, 0.05) is 21.7 Å². The lowest BCUT2D eigenvalue weighted by Gasteiger charge is -2.03. The van der Waals surface area contributed by atoms with Crippen molar-refractivity contribution in [2.45, 2.75) is 24.5 Å². The van der Waals surface area contributed by atoms with Gasteiger partial charge in [-0.3, -0.25) is 0 Å². The Morgan fingerprint density at radius 3 is 2.82 bits per heavy atom. The number of hydrogen-bond acceptors (Lipinski definition) is 7. The van der Waals surface area contributed by atoms with Crippen LogP contribution < -0.4 is 4.74 Å². The largest absolute Gasteiger partial charge is 0.484 e. The van der Waals surface area contributed by atoms with E-state index < -0.39 is 0 Å². The third-order valence-corrected chi connectivity index (χ3v) is 5.83. The van der Waals surface area contributed by atoms with Gasteiger partial charge in [0.2, 0.25) is 0 Å². The van der Waals surface area contributed by atoms with Crippen LogP contribution in [0.3, 0.4) is 0 Å². The SMILES string of the molecule is Cc1cccc(OCc2nnc(SCc3csc(-c4ccc(Cl)cc4)n3)o2)c1. The quantitative estimate of drug-likeness (QED) is 0.334. The highest BCUT2D eigenvalue weighted by Gasteiger charge is 2.10. The minimum absolute atomic E-state index is 0.244. The van der Waals surface area contributed by atoms with E-state index in [0.717, 1.165) is 32.6 Å². The zero-order chi connectivity index (χ0) is 19.3. The monoisotopic (exact) mass is 429 g/mol. The molecule has 0 unspecified atom stereocenters. The number of thioether (sulfide) groups is 1. The molecule has 0 aliphatic carbocycles. The van der Waals surface area contributed by atoms with E-state index in [1.807, 2.05) is 60.8 Å². The summed E-state index contributed by atoms with van der Waals surface area (Å²) in [7, 11) is 0. The maximum Gasteiger partial charge on any atom is 0.277 e. The van der Waals surface area contributed by atoms with Crippen molar-refractivity contribution in [3.05, 3.63) is 76.1 Å². The van der Waals surface area contributed by atoms with Gasteiger partial charge in [0.1, 0.15) is 10.8 Å². The van der Waals surface area contributed by atoms with E-state index in [2.05, 4.69) is 15.2 Å². The van der Waals surface area contributed by atoms with Crippen molar-refractivity contribution in [3.63, 3.8) is 0 Å². The molecule has 0 spiro atoms. The van der Waals surface area contributed by atoms with Gasteiger partial charge in [-0.1, -0.05) is 47.6 Å². The van der Waals surface area contributed by atoms with Crippen LogP contribution in [0.1, 0.15) is 17.1 Å². The fraction of sp³-hybridized carbons (Fsp3) is 0.150. The van der Waals surface area contributed by atoms with Crippen LogP contribution in [-0.4, -0.2) is 15.2 Å². The van der Waals surface area contributed by atoms with E-state index in [0.29, 0.717) is 16.9 Å². The molecule has 0 aliphatic heterocycles. The van der Waals surface area contributed by atoms with E-state index in [1.165, 1.54) is 11.8 Å². The van der Waals surface area contributed by atoms with Gasteiger partial charge in [-0.25, -0.2) is 4.98 Å². The van der Waals surface area contributed by atoms with Gasteiger partial charge < -0.3 is 9.15 Å². The van der Waals surface area contributed by atoms with Crippen LogP contribution in [0.15, 0.2) is 63.6 Å². The van der Waals surface area contributed by atoms with Crippen LogP contribution in [0, 0.1) is 6.92 Å². The molecule has 0 fully saturated rings. The smallest absolute Gasteiger partial charge is 0.277 e. The van der Waals surface area contributed by atoms with Gasteiger partial charge in [0.25, 0.3) is 11.1 Å². The normalized spacial score (nSPS) is 10.9. The van der Waals surface area contributed by atoms with E-state index in [9.17, 15) is 0 Å². The van der Waals surface area contributed by atoms with Crippen molar-refractivity contribution in [3.8, 4) is 16.3 Å². The van der Waals surface area contributed by atoms with Crippen molar-refractivity contribution < 1.29 is 9.15 Å². The molecule has 0 saturated heterocycles. The number of aromatic nitrogens is 3. The predicted octanol–water partition coefficient (Wildman–Crippen LogP) is 6.03. The highest BCUT2D eigenvalue weighted by Crippen LogP contribution is 2.28. The summed E-state index contributed by atoms with van der Waals surface area (Å²) in [6.07, 6.45) is 0. The Balaban J connectivity index is 1.31. The van der Waals surface area contributed by atoms with Gasteiger partial charge in [-0.05, 0) is 36.8 Å². The molecule has 0 N–H and O–H groups in total. The van der Waals surface area contributed by atoms with Crippen LogP contribution in [-0.2, 0) is 12.4 Å². The standard InChI is InChI=1S/C20H16ClN3O2S2/c1-13-3-2-4-17(9-13)25-10-18-23-24-20(26-18)28-12-16-11-27-19(22-16)14-5-7-15(21)8-6-14/h2-9,11H,10,12H2,1H3. The summed E-state index contributed by atoms with van der Waals surface area (Å²) in [5.41, 5.74) is 3.16. The van der Waals surface area contributed by atoms with Crippen LogP contribution in [0.4, 0.5) is 0 Å². The average Bonchev–Trinajstić information content (AvgIpc) is 3.35. The van der Waals surface area contributed by atoms with Crippen LogP contribution in [0.2, 0.25) is 5.02 Å². The number of halogens is 1. The summed E-state index contributed by atoms with van der Waals surface area (Å²) < 4.78 is 11.3. The van der Waals surface area contributed by atoms with Crippen molar-refractivity contribution in [1.29, 1.82) is 0 Å². The number of thiazole rings is 1. The third kappa shape index (κ3) is 4.92. The highest BCUT2D eigenvalue weighted by molar-refractivity contribution is 7.98. The Kier molecular flexibility index (Phi) is 5.95. The second-order valence-electron chi connectivity index (χ2n) is 6.01. The summed E-state index contributed by atoms with van der Waals surface area (Å²) in [5.74, 6) is 1.89. The first-order valence-corrected chi connectivity index (χ1v) is 10.7. The fourth-order valence-corrected chi connectivity index (χ4v) is 4.17. The molecule has 2 heterocycles. The van der Waals surface area contributed by atoms with Gasteiger partial charge >= 0.3 is 0 Å². The van der Waals surface area contributed by atoms with E-state index in [1.54, 1.807) is 11.3 Å². The van der Waals surface area contributed by atoms with E-state index >= 15 is 0 Å². The molecule has 5 nitrogen and oxygen atoms in total. The first kappa shape index (κ1) is 19.0.